The Hall–Kier alpha value is -3.17. The van der Waals surface area contributed by atoms with Gasteiger partial charge < -0.3 is 19.8 Å². The van der Waals surface area contributed by atoms with Crippen molar-refractivity contribution in [3.63, 3.8) is 0 Å². The Balaban J connectivity index is 1.94. The number of H-pyrrole nitrogens is 1. The summed E-state index contributed by atoms with van der Waals surface area (Å²) >= 11 is 6.34. The number of aromatic amines is 1. The van der Waals surface area contributed by atoms with E-state index in [-0.39, 0.29) is 17.7 Å². The maximum Gasteiger partial charge on any atom is 0.253 e. The van der Waals surface area contributed by atoms with E-state index in [1.807, 2.05) is 26.8 Å². The predicted octanol–water partition coefficient (Wildman–Crippen LogP) is 5.02. The van der Waals surface area contributed by atoms with Gasteiger partial charge in [0.15, 0.2) is 0 Å². The third-order valence-electron chi connectivity index (χ3n) is 4.46. The topological polar surface area (TPSA) is 87.1 Å². The van der Waals surface area contributed by atoms with Crippen molar-refractivity contribution in [3.8, 4) is 17.6 Å². The standard InChI is InChI=1S/C22H22ClN3O3/c1-12(2)29-21-10-19-15(8-18(21)23)7-17(22(27)26-19)13(3)25-16-6-5-14(11-24)20(9-16)28-4/h5-10,12-13,25H,1-4H3,(H,26,27). The molecule has 1 unspecified atom stereocenters. The Morgan fingerprint density at radius 1 is 1.14 bits per heavy atom. The lowest BCUT2D eigenvalue weighted by Crippen LogP contribution is -2.19. The lowest BCUT2D eigenvalue weighted by atomic mass is 10.1. The van der Waals surface area contributed by atoms with Crippen LogP contribution in [0.2, 0.25) is 5.02 Å². The molecule has 2 N–H and O–H groups in total. The summed E-state index contributed by atoms with van der Waals surface area (Å²) in [5.74, 6) is 1.01. The van der Waals surface area contributed by atoms with E-state index in [2.05, 4.69) is 16.4 Å². The van der Waals surface area contributed by atoms with Crippen molar-refractivity contribution < 1.29 is 9.47 Å². The highest BCUT2D eigenvalue weighted by atomic mass is 35.5. The van der Waals surface area contributed by atoms with E-state index in [1.54, 1.807) is 30.3 Å². The van der Waals surface area contributed by atoms with E-state index in [0.717, 1.165) is 11.1 Å². The molecule has 7 heteroatoms. The van der Waals surface area contributed by atoms with Gasteiger partial charge in [0.2, 0.25) is 0 Å². The molecule has 2 aromatic carbocycles. The van der Waals surface area contributed by atoms with Gasteiger partial charge in [-0.1, -0.05) is 11.6 Å². The first-order valence-electron chi connectivity index (χ1n) is 9.20. The van der Waals surface area contributed by atoms with Gasteiger partial charge >= 0.3 is 0 Å². The van der Waals surface area contributed by atoms with Crippen molar-refractivity contribution >= 4 is 28.2 Å². The molecule has 150 valence electrons. The summed E-state index contributed by atoms with van der Waals surface area (Å²) in [6.45, 7) is 5.72. The molecule has 0 aliphatic carbocycles. The molecule has 3 rings (SSSR count). The summed E-state index contributed by atoms with van der Waals surface area (Å²) in [7, 11) is 1.51. The summed E-state index contributed by atoms with van der Waals surface area (Å²) in [6.07, 6.45) is -0.0235. The van der Waals surface area contributed by atoms with Gasteiger partial charge in [-0.3, -0.25) is 4.79 Å². The van der Waals surface area contributed by atoms with Crippen LogP contribution in [-0.4, -0.2) is 18.2 Å². The quantitative estimate of drug-likeness (QED) is 0.594. The molecular weight excluding hydrogens is 390 g/mol. The van der Waals surface area contributed by atoms with E-state index >= 15 is 0 Å². The molecule has 0 aliphatic rings. The van der Waals surface area contributed by atoms with E-state index < -0.39 is 0 Å². The fraction of sp³-hybridized carbons (Fsp3) is 0.273. The molecule has 1 aromatic heterocycles. The Labute approximate surface area is 174 Å². The Kier molecular flexibility index (Phi) is 6.00. The number of hydrogen-bond acceptors (Lipinski definition) is 5. The monoisotopic (exact) mass is 411 g/mol. The number of rotatable bonds is 6. The number of anilines is 1. The average molecular weight is 412 g/mol. The molecule has 0 radical (unpaired) electrons. The molecule has 0 amide bonds. The minimum absolute atomic E-state index is 0.0235. The van der Waals surface area contributed by atoms with E-state index in [9.17, 15) is 4.79 Å². The van der Waals surface area contributed by atoms with Gasteiger partial charge in [0.25, 0.3) is 5.56 Å². The highest BCUT2D eigenvalue weighted by molar-refractivity contribution is 6.32. The van der Waals surface area contributed by atoms with Crippen LogP contribution in [0.1, 0.15) is 37.9 Å². The van der Waals surface area contributed by atoms with Crippen molar-refractivity contribution in [2.45, 2.75) is 32.9 Å². The normalized spacial score (nSPS) is 11.9. The van der Waals surface area contributed by atoms with Crippen LogP contribution in [0.25, 0.3) is 10.9 Å². The summed E-state index contributed by atoms with van der Waals surface area (Å²) in [6, 6.07) is 12.3. The van der Waals surface area contributed by atoms with Crippen LogP contribution >= 0.6 is 11.6 Å². The largest absolute Gasteiger partial charge is 0.495 e. The van der Waals surface area contributed by atoms with Crippen molar-refractivity contribution in [3.05, 3.63) is 62.9 Å². The van der Waals surface area contributed by atoms with Crippen LogP contribution in [0, 0.1) is 11.3 Å². The van der Waals surface area contributed by atoms with Gasteiger partial charge in [-0.2, -0.15) is 5.26 Å². The predicted molar refractivity (Wildman–Crippen MR) is 115 cm³/mol. The fourth-order valence-electron chi connectivity index (χ4n) is 3.09. The number of aromatic nitrogens is 1. The maximum atomic E-state index is 12.7. The smallest absolute Gasteiger partial charge is 0.253 e. The molecule has 3 aromatic rings. The zero-order chi connectivity index (χ0) is 21.1. The van der Waals surface area contributed by atoms with Crippen LogP contribution in [0.15, 0.2) is 41.2 Å². The van der Waals surface area contributed by atoms with E-state index in [4.69, 9.17) is 26.3 Å². The first-order valence-corrected chi connectivity index (χ1v) is 9.58. The number of ether oxygens (including phenoxy) is 2. The third-order valence-corrected chi connectivity index (χ3v) is 4.76. The number of hydrogen-bond donors (Lipinski definition) is 2. The average Bonchev–Trinajstić information content (AvgIpc) is 2.68. The molecule has 0 saturated carbocycles. The van der Waals surface area contributed by atoms with Crippen LogP contribution < -0.4 is 20.3 Å². The number of halogens is 1. The van der Waals surface area contributed by atoms with Crippen LogP contribution in [0.4, 0.5) is 5.69 Å². The Morgan fingerprint density at radius 3 is 2.55 bits per heavy atom. The first kappa shape index (κ1) is 20.6. The number of methoxy groups -OCH3 is 1. The van der Waals surface area contributed by atoms with Gasteiger partial charge in [0.1, 0.15) is 17.6 Å². The maximum absolute atomic E-state index is 12.7. The van der Waals surface area contributed by atoms with Gasteiger partial charge in [-0.05, 0) is 45.0 Å². The summed E-state index contributed by atoms with van der Waals surface area (Å²) in [5, 5.41) is 13.7. The summed E-state index contributed by atoms with van der Waals surface area (Å²) < 4.78 is 10.9. The van der Waals surface area contributed by atoms with Gasteiger partial charge in [0, 0.05) is 28.8 Å². The molecule has 0 saturated heterocycles. The Morgan fingerprint density at radius 2 is 1.90 bits per heavy atom. The Bertz CT molecular complexity index is 1150. The molecule has 1 heterocycles. The zero-order valence-corrected chi connectivity index (χ0v) is 17.4. The molecule has 0 aliphatic heterocycles. The second-order valence-corrected chi connectivity index (χ2v) is 7.39. The van der Waals surface area contributed by atoms with Crippen LogP contribution in [0.5, 0.6) is 11.5 Å². The highest BCUT2D eigenvalue weighted by Gasteiger charge is 2.14. The number of benzene rings is 2. The van der Waals surface area contributed by atoms with Gasteiger partial charge in [0.05, 0.1) is 35.4 Å². The molecule has 6 nitrogen and oxygen atoms in total. The minimum Gasteiger partial charge on any atom is -0.495 e. The number of nitriles is 1. The lowest BCUT2D eigenvalue weighted by Gasteiger charge is -2.17. The van der Waals surface area contributed by atoms with E-state index in [1.165, 1.54) is 7.11 Å². The van der Waals surface area contributed by atoms with Crippen LogP contribution in [0.3, 0.4) is 0 Å². The SMILES string of the molecule is COc1cc(NC(C)c2cc3cc(Cl)c(OC(C)C)cc3[nH]c2=O)ccc1C#N. The number of nitrogens with zero attached hydrogens (tertiary/aromatic N) is 1. The molecular formula is C22H22ClN3O3. The summed E-state index contributed by atoms with van der Waals surface area (Å²) in [5.41, 5.74) is 2.21. The third kappa shape index (κ3) is 4.47. The highest BCUT2D eigenvalue weighted by Crippen LogP contribution is 2.31. The molecule has 0 bridgehead atoms. The lowest BCUT2D eigenvalue weighted by molar-refractivity contribution is 0.243. The molecule has 0 spiro atoms. The minimum atomic E-state index is -0.286. The second kappa shape index (κ2) is 8.46. The van der Waals surface area contributed by atoms with Crippen LogP contribution in [-0.2, 0) is 0 Å². The van der Waals surface area contributed by atoms with Crippen molar-refractivity contribution in [1.82, 2.24) is 4.98 Å². The first-order chi connectivity index (χ1) is 13.8. The number of pyridine rings is 1. The fourth-order valence-corrected chi connectivity index (χ4v) is 3.31. The number of nitrogens with one attached hydrogen (secondary N) is 2. The second-order valence-electron chi connectivity index (χ2n) is 6.98. The van der Waals surface area contributed by atoms with Gasteiger partial charge in [-0.25, -0.2) is 0 Å². The molecule has 29 heavy (non-hydrogen) atoms. The molecule has 1 atom stereocenters. The van der Waals surface area contributed by atoms with Gasteiger partial charge in [-0.15, -0.1) is 0 Å². The number of fused-ring (bicyclic) bond motifs is 1. The van der Waals surface area contributed by atoms with Crippen molar-refractivity contribution in [1.29, 1.82) is 5.26 Å². The molecule has 0 fully saturated rings. The van der Waals surface area contributed by atoms with E-state index in [0.29, 0.717) is 33.2 Å². The summed E-state index contributed by atoms with van der Waals surface area (Å²) in [4.78, 5) is 15.6. The van der Waals surface area contributed by atoms with Crippen molar-refractivity contribution in [2.24, 2.45) is 0 Å². The van der Waals surface area contributed by atoms with Crippen molar-refractivity contribution in [2.75, 3.05) is 12.4 Å². The zero-order valence-electron chi connectivity index (χ0n) is 16.7.